The van der Waals surface area contributed by atoms with Gasteiger partial charge in [0.25, 0.3) is 5.91 Å². The summed E-state index contributed by atoms with van der Waals surface area (Å²) >= 11 is 0. The number of likely N-dealkylation sites (tertiary alicyclic amines) is 1. The van der Waals surface area contributed by atoms with Crippen LogP contribution in [-0.4, -0.2) is 43.6 Å². The van der Waals surface area contributed by atoms with Crippen molar-refractivity contribution in [1.29, 1.82) is 0 Å². The maximum Gasteiger partial charge on any atom is 0.255 e. The Bertz CT molecular complexity index is 776. The summed E-state index contributed by atoms with van der Waals surface area (Å²) in [5.41, 5.74) is 0.859. The Labute approximate surface area is 147 Å². The van der Waals surface area contributed by atoms with Crippen LogP contribution < -0.4 is 0 Å². The Morgan fingerprint density at radius 1 is 1.24 bits per heavy atom. The molecule has 1 atom stereocenters. The van der Waals surface area contributed by atoms with Gasteiger partial charge in [-0.2, -0.15) is 0 Å². The quantitative estimate of drug-likeness (QED) is 0.864. The van der Waals surface area contributed by atoms with Gasteiger partial charge in [0.05, 0.1) is 5.56 Å². The summed E-state index contributed by atoms with van der Waals surface area (Å²) in [6.45, 7) is 1.59. The van der Waals surface area contributed by atoms with Gasteiger partial charge in [-0.25, -0.2) is 0 Å². The van der Waals surface area contributed by atoms with Gasteiger partial charge in [-0.1, -0.05) is 12.8 Å². The molecule has 0 N–H and O–H groups in total. The van der Waals surface area contributed by atoms with Crippen molar-refractivity contribution >= 4 is 5.91 Å². The number of amides is 1. The second-order valence-electron chi connectivity index (χ2n) is 7.88. The van der Waals surface area contributed by atoms with E-state index in [1.807, 2.05) is 23.4 Å². The van der Waals surface area contributed by atoms with E-state index < -0.39 is 0 Å². The number of rotatable bonds is 3. The van der Waals surface area contributed by atoms with Crippen molar-refractivity contribution in [2.75, 3.05) is 13.1 Å². The number of carbonyl (C=O) groups excluding carboxylic acids is 1. The van der Waals surface area contributed by atoms with Crippen molar-refractivity contribution in [3.8, 4) is 0 Å². The molecule has 2 aromatic heterocycles. The van der Waals surface area contributed by atoms with E-state index in [1.165, 1.54) is 38.5 Å². The van der Waals surface area contributed by atoms with Gasteiger partial charge in [0.2, 0.25) is 0 Å². The lowest BCUT2D eigenvalue weighted by molar-refractivity contribution is 0.0773. The minimum absolute atomic E-state index is 0.0966. The van der Waals surface area contributed by atoms with Gasteiger partial charge < -0.3 is 9.47 Å². The molecule has 0 radical (unpaired) electrons. The highest BCUT2D eigenvalue weighted by atomic mass is 16.2. The van der Waals surface area contributed by atoms with Gasteiger partial charge in [-0.05, 0) is 43.2 Å². The second-order valence-corrected chi connectivity index (χ2v) is 7.88. The fourth-order valence-corrected chi connectivity index (χ4v) is 4.87. The molecule has 6 heteroatoms. The molecule has 0 aromatic carbocycles. The van der Waals surface area contributed by atoms with Crippen LogP contribution in [0.2, 0.25) is 0 Å². The van der Waals surface area contributed by atoms with Gasteiger partial charge in [0.1, 0.15) is 12.2 Å². The Morgan fingerprint density at radius 3 is 2.80 bits per heavy atom. The minimum Gasteiger partial charge on any atom is -0.337 e. The molecule has 3 heterocycles. The molecular formula is C19H23N5O. The average Bonchev–Trinajstić information content (AvgIpc) is 3.08. The van der Waals surface area contributed by atoms with Crippen molar-refractivity contribution in [3.05, 3.63) is 42.2 Å². The average molecular weight is 337 g/mol. The zero-order valence-electron chi connectivity index (χ0n) is 14.3. The van der Waals surface area contributed by atoms with E-state index in [9.17, 15) is 4.79 Å². The zero-order chi connectivity index (χ0) is 16.9. The molecule has 2 saturated carbocycles. The molecule has 6 nitrogen and oxygen atoms in total. The van der Waals surface area contributed by atoms with Crippen molar-refractivity contribution in [2.45, 2.75) is 50.5 Å². The first-order chi connectivity index (χ1) is 12.3. The van der Waals surface area contributed by atoms with Crippen LogP contribution in [0, 0.1) is 5.41 Å². The fraction of sp³-hybridized carbons (Fsp3) is 0.579. The van der Waals surface area contributed by atoms with Gasteiger partial charge in [-0.3, -0.25) is 9.78 Å². The number of aromatic nitrogens is 4. The molecule has 5 rings (SSSR count). The predicted octanol–water partition coefficient (Wildman–Crippen LogP) is 2.81. The van der Waals surface area contributed by atoms with Crippen LogP contribution in [0.1, 0.15) is 66.7 Å². The van der Waals surface area contributed by atoms with E-state index in [-0.39, 0.29) is 11.3 Å². The lowest BCUT2D eigenvalue weighted by Gasteiger charge is -2.29. The summed E-state index contributed by atoms with van der Waals surface area (Å²) in [6, 6.07) is 4.26. The highest BCUT2D eigenvalue weighted by Crippen LogP contribution is 2.54. The molecule has 3 fully saturated rings. The number of pyridine rings is 1. The van der Waals surface area contributed by atoms with Gasteiger partial charge in [-0.15, -0.1) is 10.2 Å². The molecule has 130 valence electrons. The highest BCUT2D eigenvalue weighted by molar-refractivity contribution is 5.94. The monoisotopic (exact) mass is 337 g/mol. The topological polar surface area (TPSA) is 63.9 Å². The van der Waals surface area contributed by atoms with Crippen molar-refractivity contribution < 1.29 is 4.79 Å². The number of carbonyl (C=O) groups is 1. The van der Waals surface area contributed by atoms with Crippen molar-refractivity contribution in [1.82, 2.24) is 24.6 Å². The van der Waals surface area contributed by atoms with Crippen LogP contribution in [-0.2, 0) is 0 Å². The normalized spacial score (nSPS) is 25.0. The van der Waals surface area contributed by atoms with Crippen molar-refractivity contribution in [3.63, 3.8) is 0 Å². The van der Waals surface area contributed by atoms with Gasteiger partial charge in [0, 0.05) is 37.4 Å². The Morgan fingerprint density at radius 2 is 2.08 bits per heavy atom. The SMILES string of the molecule is O=C(c1cccnc1)N1CC(c2nncn2C2CC2)C2(CCCC2)C1. The first-order valence-electron chi connectivity index (χ1n) is 9.36. The highest BCUT2D eigenvalue weighted by Gasteiger charge is 2.52. The maximum absolute atomic E-state index is 13.0. The molecule has 2 aromatic rings. The fourth-order valence-electron chi connectivity index (χ4n) is 4.87. The predicted molar refractivity (Wildman–Crippen MR) is 92.1 cm³/mol. The molecule has 3 aliphatic rings. The zero-order valence-corrected chi connectivity index (χ0v) is 14.3. The van der Waals surface area contributed by atoms with Crippen LogP contribution >= 0.6 is 0 Å². The van der Waals surface area contributed by atoms with Gasteiger partial charge >= 0.3 is 0 Å². The number of hydrogen-bond donors (Lipinski definition) is 0. The number of nitrogens with zero attached hydrogens (tertiary/aromatic N) is 5. The largest absolute Gasteiger partial charge is 0.337 e. The molecule has 1 amide bonds. The first-order valence-corrected chi connectivity index (χ1v) is 9.36. The molecule has 0 bridgehead atoms. The van der Waals surface area contributed by atoms with Crippen molar-refractivity contribution in [2.24, 2.45) is 5.41 Å². The van der Waals surface area contributed by atoms with E-state index in [0.29, 0.717) is 17.5 Å². The van der Waals surface area contributed by atoms with E-state index in [4.69, 9.17) is 0 Å². The third-order valence-electron chi connectivity index (χ3n) is 6.30. The minimum atomic E-state index is 0.0966. The van der Waals surface area contributed by atoms with E-state index >= 15 is 0 Å². The Kier molecular flexibility index (Phi) is 3.40. The molecule has 25 heavy (non-hydrogen) atoms. The van der Waals surface area contributed by atoms with Crippen LogP contribution in [0.4, 0.5) is 0 Å². The molecule has 1 saturated heterocycles. The summed E-state index contributed by atoms with van der Waals surface area (Å²) in [6.07, 6.45) is 12.6. The number of hydrogen-bond acceptors (Lipinski definition) is 4. The summed E-state index contributed by atoms with van der Waals surface area (Å²) in [5, 5.41) is 8.72. The summed E-state index contributed by atoms with van der Waals surface area (Å²) in [7, 11) is 0. The van der Waals surface area contributed by atoms with Crippen LogP contribution in [0.15, 0.2) is 30.9 Å². The summed E-state index contributed by atoms with van der Waals surface area (Å²) in [5.74, 6) is 1.50. The van der Waals surface area contributed by atoms with Crippen LogP contribution in [0.25, 0.3) is 0 Å². The van der Waals surface area contributed by atoms with Crippen LogP contribution in [0.5, 0.6) is 0 Å². The Hall–Kier alpha value is -2.24. The summed E-state index contributed by atoms with van der Waals surface area (Å²) < 4.78 is 2.28. The van der Waals surface area contributed by atoms with E-state index in [2.05, 4.69) is 19.7 Å². The lowest BCUT2D eigenvalue weighted by Crippen LogP contribution is -2.31. The lowest BCUT2D eigenvalue weighted by atomic mass is 9.76. The van der Waals surface area contributed by atoms with E-state index in [1.54, 1.807) is 12.4 Å². The third-order valence-corrected chi connectivity index (χ3v) is 6.30. The van der Waals surface area contributed by atoms with Crippen LogP contribution in [0.3, 0.4) is 0 Å². The summed E-state index contributed by atoms with van der Waals surface area (Å²) in [4.78, 5) is 19.1. The van der Waals surface area contributed by atoms with Gasteiger partial charge in [0.15, 0.2) is 0 Å². The smallest absolute Gasteiger partial charge is 0.255 e. The first kappa shape index (κ1) is 15.0. The molecule has 1 aliphatic heterocycles. The standard InChI is InChI=1S/C19H23N5O/c25-18(14-4-3-9-20-10-14)23-11-16(19(12-23)7-1-2-8-19)17-22-21-13-24(17)15-5-6-15/h3-4,9-10,13,15-16H,1-2,5-8,11-12H2. The third kappa shape index (κ3) is 2.46. The van der Waals surface area contributed by atoms with E-state index in [0.717, 1.165) is 18.9 Å². The molecule has 1 unspecified atom stereocenters. The molecular weight excluding hydrogens is 314 g/mol. The maximum atomic E-state index is 13.0. The molecule has 1 spiro atoms. The molecule has 2 aliphatic carbocycles. The second kappa shape index (κ2) is 5.64. The Balaban J connectivity index is 1.48.